The van der Waals surface area contributed by atoms with Gasteiger partial charge in [0.15, 0.2) is 0 Å². The van der Waals surface area contributed by atoms with Crippen LogP contribution in [0.1, 0.15) is 37.3 Å². The van der Waals surface area contributed by atoms with Crippen molar-refractivity contribution in [2.75, 3.05) is 0 Å². The number of benzene rings is 1. The zero-order valence-corrected chi connectivity index (χ0v) is 10.8. The molecular formula is C14H16F5N. The molecule has 2 rings (SSSR count). The van der Waals surface area contributed by atoms with E-state index in [1.54, 1.807) is 0 Å². The highest BCUT2D eigenvalue weighted by molar-refractivity contribution is 5.22. The molecular weight excluding hydrogens is 277 g/mol. The van der Waals surface area contributed by atoms with Crippen molar-refractivity contribution in [1.29, 1.82) is 0 Å². The summed E-state index contributed by atoms with van der Waals surface area (Å²) in [5, 5.41) is 0. The van der Waals surface area contributed by atoms with Gasteiger partial charge in [-0.1, -0.05) is 6.42 Å². The molecule has 1 nitrogen and oxygen atoms in total. The normalized spacial score (nSPS) is 25.5. The molecule has 3 unspecified atom stereocenters. The lowest BCUT2D eigenvalue weighted by molar-refractivity contribution is -0.186. The molecule has 0 spiro atoms. The molecule has 0 amide bonds. The maximum absolute atomic E-state index is 13.1. The first-order valence-electron chi connectivity index (χ1n) is 6.55. The lowest BCUT2D eigenvalue weighted by Crippen LogP contribution is -2.33. The number of hydrogen-bond donors (Lipinski definition) is 1. The van der Waals surface area contributed by atoms with Gasteiger partial charge in [0, 0.05) is 12.1 Å². The molecule has 1 aliphatic carbocycles. The Hall–Kier alpha value is -1.17. The topological polar surface area (TPSA) is 26.0 Å². The van der Waals surface area contributed by atoms with Crippen molar-refractivity contribution in [3.8, 4) is 0 Å². The fraction of sp³-hybridized carbons (Fsp3) is 0.571. The van der Waals surface area contributed by atoms with Gasteiger partial charge in [-0.2, -0.15) is 13.2 Å². The van der Waals surface area contributed by atoms with Gasteiger partial charge in [-0.3, -0.25) is 0 Å². The molecule has 2 N–H and O–H groups in total. The van der Waals surface area contributed by atoms with Crippen molar-refractivity contribution in [3.05, 3.63) is 35.4 Å². The van der Waals surface area contributed by atoms with E-state index < -0.39 is 35.7 Å². The minimum absolute atomic E-state index is 0.0806. The monoisotopic (exact) mass is 293 g/mol. The third-order valence-electron chi connectivity index (χ3n) is 3.96. The molecule has 1 aromatic carbocycles. The fourth-order valence-electron chi connectivity index (χ4n) is 2.89. The molecule has 20 heavy (non-hydrogen) atoms. The second-order valence-corrected chi connectivity index (χ2v) is 5.39. The maximum atomic E-state index is 13.1. The SMILES string of the molecule is NC(c1cc(F)cc(F)c1)C1CCCC(C(F)(F)F)C1. The van der Waals surface area contributed by atoms with Crippen molar-refractivity contribution < 1.29 is 22.0 Å². The minimum Gasteiger partial charge on any atom is -0.324 e. The Balaban J connectivity index is 2.14. The highest BCUT2D eigenvalue weighted by Crippen LogP contribution is 2.43. The van der Waals surface area contributed by atoms with Crippen LogP contribution in [0.4, 0.5) is 22.0 Å². The molecule has 0 aromatic heterocycles. The second-order valence-electron chi connectivity index (χ2n) is 5.39. The van der Waals surface area contributed by atoms with Gasteiger partial charge in [-0.25, -0.2) is 8.78 Å². The largest absolute Gasteiger partial charge is 0.391 e. The van der Waals surface area contributed by atoms with Crippen LogP contribution in [-0.4, -0.2) is 6.18 Å². The number of alkyl halides is 3. The summed E-state index contributed by atoms with van der Waals surface area (Å²) in [4.78, 5) is 0. The first kappa shape index (κ1) is 15.2. The Morgan fingerprint density at radius 1 is 1.05 bits per heavy atom. The van der Waals surface area contributed by atoms with Crippen LogP contribution in [-0.2, 0) is 0 Å². The molecule has 1 saturated carbocycles. The summed E-state index contributed by atoms with van der Waals surface area (Å²) in [6.07, 6.45) is -3.23. The standard InChI is InChI=1S/C14H16F5N/c15-11-5-9(6-12(16)7-11)13(20)8-2-1-3-10(4-8)14(17,18)19/h5-8,10,13H,1-4,20H2. The van der Waals surface area contributed by atoms with Gasteiger partial charge >= 0.3 is 6.18 Å². The van der Waals surface area contributed by atoms with E-state index in [0.29, 0.717) is 12.8 Å². The van der Waals surface area contributed by atoms with Crippen molar-refractivity contribution >= 4 is 0 Å². The van der Waals surface area contributed by atoms with Crippen LogP contribution in [0.3, 0.4) is 0 Å². The van der Waals surface area contributed by atoms with E-state index in [-0.39, 0.29) is 18.4 Å². The number of hydrogen-bond acceptors (Lipinski definition) is 1. The van der Waals surface area contributed by atoms with E-state index in [2.05, 4.69) is 0 Å². The predicted molar refractivity (Wildman–Crippen MR) is 64.8 cm³/mol. The highest BCUT2D eigenvalue weighted by atomic mass is 19.4. The summed E-state index contributed by atoms with van der Waals surface area (Å²) >= 11 is 0. The fourth-order valence-corrected chi connectivity index (χ4v) is 2.89. The maximum Gasteiger partial charge on any atom is 0.391 e. The van der Waals surface area contributed by atoms with Crippen molar-refractivity contribution in [3.63, 3.8) is 0 Å². The van der Waals surface area contributed by atoms with Crippen LogP contribution in [0.5, 0.6) is 0 Å². The Kier molecular flexibility index (Phi) is 4.32. The molecule has 112 valence electrons. The highest BCUT2D eigenvalue weighted by Gasteiger charge is 2.43. The van der Waals surface area contributed by atoms with Crippen LogP contribution >= 0.6 is 0 Å². The molecule has 6 heteroatoms. The zero-order chi connectivity index (χ0) is 14.9. The average Bonchev–Trinajstić information content (AvgIpc) is 2.36. The third kappa shape index (κ3) is 3.48. The molecule has 3 atom stereocenters. The summed E-state index contributed by atoms with van der Waals surface area (Å²) < 4.78 is 64.5. The number of halogens is 5. The second kappa shape index (κ2) is 5.68. The van der Waals surface area contributed by atoms with Gasteiger partial charge < -0.3 is 5.73 Å². The summed E-state index contributed by atoms with van der Waals surface area (Å²) in [5.41, 5.74) is 6.13. The number of nitrogens with two attached hydrogens (primary N) is 1. The van der Waals surface area contributed by atoms with Gasteiger partial charge in [0.2, 0.25) is 0 Å². The Morgan fingerprint density at radius 3 is 2.20 bits per heavy atom. The summed E-state index contributed by atoms with van der Waals surface area (Å²) in [5.74, 6) is -3.31. The van der Waals surface area contributed by atoms with Crippen LogP contribution in [0.15, 0.2) is 18.2 Å². The molecule has 0 bridgehead atoms. The molecule has 1 fully saturated rings. The van der Waals surface area contributed by atoms with E-state index in [1.165, 1.54) is 0 Å². The lowest BCUT2D eigenvalue weighted by Gasteiger charge is -2.34. The van der Waals surface area contributed by atoms with Gasteiger partial charge in [-0.15, -0.1) is 0 Å². The van der Waals surface area contributed by atoms with E-state index in [0.717, 1.165) is 18.2 Å². The predicted octanol–water partition coefficient (Wildman–Crippen LogP) is 4.33. The smallest absolute Gasteiger partial charge is 0.324 e. The van der Waals surface area contributed by atoms with E-state index in [1.807, 2.05) is 0 Å². The van der Waals surface area contributed by atoms with E-state index >= 15 is 0 Å². The van der Waals surface area contributed by atoms with Crippen molar-refractivity contribution in [2.24, 2.45) is 17.6 Å². The van der Waals surface area contributed by atoms with Crippen molar-refractivity contribution in [1.82, 2.24) is 0 Å². The van der Waals surface area contributed by atoms with Crippen LogP contribution < -0.4 is 5.73 Å². The molecule has 0 radical (unpaired) electrons. The number of rotatable bonds is 2. The van der Waals surface area contributed by atoms with Gasteiger partial charge in [0.05, 0.1) is 5.92 Å². The Bertz CT molecular complexity index is 451. The molecule has 1 aliphatic rings. The first-order chi connectivity index (χ1) is 9.27. The first-order valence-corrected chi connectivity index (χ1v) is 6.55. The Labute approximate surface area is 114 Å². The molecule has 0 heterocycles. The van der Waals surface area contributed by atoms with Crippen LogP contribution in [0.2, 0.25) is 0 Å². The minimum atomic E-state index is -4.23. The quantitative estimate of drug-likeness (QED) is 0.807. The van der Waals surface area contributed by atoms with Gasteiger partial charge in [0.1, 0.15) is 11.6 Å². The summed E-state index contributed by atoms with van der Waals surface area (Å²) in [7, 11) is 0. The summed E-state index contributed by atoms with van der Waals surface area (Å²) in [6.45, 7) is 0. The zero-order valence-electron chi connectivity index (χ0n) is 10.8. The van der Waals surface area contributed by atoms with E-state index in [9.17, 15) is 22.0 Å². The van der Waals surface area contributed by atoms with Crippen LogP contribution in [0, 0.1) is 23.5 Å². The summed E-state index contributed by atoms with van der Waals surface area (Å²) in [6, 6.07) is 2.12. The molecule has 1 aromatic rings. The molecule has 0 aliphatic heterocycles. The average molecular weight is 293 g/mol. The third-order valence-corrected chi connectivity index (χ3v) is 3.96. The molecule has 0 saturated heterocycles. The van der Waals surface area contributed by atoms with Gasteiger partial charge in [0.25, 0.3) is 0 Å². The lowest BCUT2D eigenvalue weighted by atomic mass is 9.76. The van der Waals surface area contributed by atoms with Gasteiger partial charge in [-0.05, 0) is 42.9 Å². The van der Waals surface area contributed by atoms with Crippen LogP contribution in [0.25, 0.3) is 0 Å². The van der Waals surface area contributed by atoms with E-state index in [4.69, 9.17) is 5.73 Å². The Morgan fingerprint density at radius 2 is 1.65 bits per heavy atom. The van der Waals surface area contributed by atoms with Crippen molar-refractivity contribution in [2.45, 2.75) is 37.9 Å².